The Morgan fingerprint density at radius 3 is 2.60 bits per heavy atom. The standard InChI is InChI=1S/C14H14O/c1-11(8-9-15)13-7-6-12-4-2-3-5-14(12)10-13/h2-7,9-11H,8H2,1H3. The molecule has 1 heteroatoms. The van der Waals surface area contributed by atoms with Crippen LogP contribution in [0.2, 0.25) is 0 Å². The zero-order valence-corrected chi connectivity index (χ0v) is 8.81. The van der Waals surface area contributed by atoms with E-state index in [1.54, 1.807) is 0 Å². The van der Waals surface area contributed by atoms with E-state index >= 15 is 0 Å². The highest BCUT2D eigenvalue weighted by Crippen LogP contribution is 2.22. The summed E-state index contributed by atoms with van der Waals surface area (Å²) < 4.78 is 0. The highest BCUT2D eigenvalue weighted by molar-refractivity contribution is 5.83. The van der Waals surface area contributed by atoms with E-state index in [2.05, 4.69) is 37.3 Å². The van der Waals surface area contributed by atoms with Gasteiger partial charge < -0.3 is 4.79 Å². The minimum absolute atomic E-state index is 0.312. The molecule has 15 heavy (non-hydrogen) atoms. The molecule has 0 aliphatic rings. The smallest absolute Gasteiger partial charge is 0.120 e. The summed E-state index contributed by atoms with van der Waals surface area (Å²) in [5, 5.41) is 2.49. The SMILES string of the molecule is CC(CC=O)c1ccc2ccccc2c1. The number of rotatable bonds is 3. The van der Waals surface area contributed by atoms with E-state index < -0.39 is 0 Å². The zero-order valence-electron chi connectivity index (χ0n) is 8.81. The van der Waals surface area contributed by atoms with Gasteiger partial charge in [0.1, 0.15) is 6.29 Å². The van der Waals surface area contributed by atoms with E-state index in [1.807, 2.05) is 12.1 Å². The van der Waals surface area contributed by atoms with Crippen LogP contribution in [-0.4, -0.2) is 6.29 Å². The van der Waals surface area contributed by atoms with E-state index in [4.69, 9.17) is 0 Å². The summed E-state index contributed by atoms with van der Waals surface area (Å²) in [7, 11) is 0. The Bertz CT molecular complexity index is 473. The molecule has 0 spiro atoms. The lowest BCUT2D eigenvalue weighted by Crippen LogP contribution is -1.93. The van der Waals surface area contributed by atoms with Crippen molar-refractivity contribution in [1.29, 1.82) is 0 Å². The van der Waals surface area contributed by atoms with Crippen LogP contribution in [0.3, 0.4) is 0 Å². The first kappa shape index (κ1) is 9.91. The van der Waals surface area contributed by atoms with E-state index in [-0.39, 0.29) is 0 Å². The van der Waals surface area contributed by atoms with Crippen LogP contribution in [0.4, 0.5) is 0 Å². The molecule has 0 fully saturated rings. The molecule has 0 aliphatic heterocycles. The molecule has 1 nitrogen and oxygen atoms in total. The Morgan fingerprint density at radius 1 is 1.13 bits per heavy atom. The maximum absolute atomic E-state index is 10.5. The number of fused-ring (bicyclic) bond motifs is 1. The van der Waals surface area contributed by atoms with Crippen molar-refractivity contribution in [3.8, 4) is 0 Å². The fourth-order valence-corrected chi connectivity index (χ4v) is 1.79. The van der Waals surface area contributed by atoms with Gasteiger partial charge in [-0.25, -0.2) is 0 Å². The van der Waals surface area contributed by atoms with Gasteiger partial charge in [-0.15, -0.1) is 0 Å². The summed E-state index contributed by atoms with van der Waals surface area (Å²) in [6, 6.07) is 14.7. The Balaban J connectivity index is 2.42. The molecule has 0 radical (unpaired) electrons. The Hall–Kier alpha value is -1.63. The predicted molar refractivity (Wildman–Crippen MR) is 63.0 cm³/mol. The van der Waals surface area contributed by atoms with Gasteiger partial charge in [0.25, 0.3) is 0 Å². The van der Waals surface area contributed by atoms with Crippen LogP contribution in [0.1, 0.15) is 24.8 Å². The van der Waals surface area contributed by atoms with Crippen LogP contribution in [0.5, 0.6) is 0 Å². The molecule has 1 unspecified atom stereocenters. The topological polar surface area (TPSA) is 17.1 Å². The van der Waals surface area contributed by atoms with Gasteiger partial charge in [0.2, 0.25) is 0 Å². The normalized spacial score (nSPS) is 12.6. The van der Waals surface area contributed by atoms with Gasteiger partial charge in [-0.1, -0.05) is 49.4 Å². The van der Waals surface area contributed by atoms with E-state index in [1.165, 1.54) is 16.3 Å². The van der Waals surface area contributed by atoms with Gasteiger partial charge in [-0.2, -0.15) is 0 Å². The van der Waals surface area contributed by atoms with Gasteiger partial charge in [0.15, 0.2) is 0 Å². The Labute approximate surface area is 89.7 Å². The van der Waals surface area contributed by atoms with Crippen molar-refractivity contribution in [3.63, 3.8) is 0 Å². The van der Waals surface area contributed by atoms with Crippen LogP contribution in [0.15, 0.2) is 42.5 Å². The molecule has 0 bridgehead atoms. The zero-order chi connectivity index (χ0) is 10.7. The minimum Gasteiger partial charge on any atom is -0.303 e. The second-order valence-corrected chi connectivity index (χ2v) is 3.91. The fraction of sp³-hybridized carbons (Fsp3) is 0.214. The molecular weight excluding hydrogens is 184 g/mol. The summed E-state index contributed by atoms with van der Waals surface area (Å²) >= 11 is 0. The van der Waals surface area contributed by atoms with Crippen molar-refractivity contribution in [2.24, 2.45) is 0 Å². The van der Waals surface area contributed by atoms with Crippen molar-refractivity contribution in [3.05, 3.63) is 48.0 Å². The van der Waals surface area contributed by atoms with Crippen molar-refractivity contribution in [2.45, 2.75) is 19.3 Å². The molecule has 0 N–H and O–H groups in total. The third kappa shape index (κ3) is 2.07. The molecule has 0 heterocycles. The number of carbonyl (C=O) groups excluding carboxylic acids is 1. The van der Waals surface area contributed by atoms with Crippen molar-refractivity contribution >= 4 is 17.1 Å². The highest BCUT2D eigenvalue weighted by Gasteiger charge is 2.04. The highest BCUT2D eigenvalue weighted by atomic mass is 16.1. The van der Waals surface area contributed by atoms with Crippen LogP contribution in [0, 0.1) is 0 Å². The Morgan fingerprint density at radius 2 is 1.87 bits per heavy atom. The Kier molecular flexibility index (Phi) is 2.82. The molecule has 2 aromatic rings. The molecule has 0 saturated carbocycles. The number of carbonyl (C=O) groups is 1. The van der Waals surface area contributed by atoms with Gasteiger partial charge in [0, 0.05) is 6.42 Å². The molecule has 0 aliphatic carbocycles. The summed E-state index contributed by atoms with van der Waals surface area (Å²) in [5.74, 6) is 0.312. The maximum atomic E-state index is 10.5. The van der Waals surface area contributed by atoms with Crippen LogP contribution in [0.25, 0.3) is 10.8 Å². The van der Waals surface area contributed by atoms with Gasteiger partial charge in [-0.05, 0) is 22.3 Å². The largest absolute Gasteiger partial charge is 0.303 e. The number of hydrogen-bond donors (Lipinski definition) is 0. The third-order valence-electron chi connectivity index (χ3n) is 2.79. The summed E-state index contributed by atoms with van der Waals surface area (Å²) in [5.41, 5.74) is 1.24. The van der Waals surface area contributed by atoms with E-state index in [0.29, 0.717) is 12.3 Å². The third-order valence-corrected chi connectivity index (χ3v) is 2.79. The maximum Gasteiger partial charge on any atom is 0.120 e. The van der Waals surface area contributed by atoms with Crippen LogP contribution in [-0.2, 0) is 4.79 Å². The first-order chi connectivity index (χ1) is 7.31. The lowest BCUT2D eigenvalue weighted by atomic mass is 9.96. The molecule has 76 valence electrons. The van der Waals surface area contributed by atoms with Crippen molar-refractivity contribution in [2.75, 3.05) is 0 Å². The van der Waals surface area contributed by atoms with Crippen molar-refractivity contribution < 1.29 is 4.79 Å². The summed E-state index contributed by atoms with van der Waals surface area (Å²) in [6.07, 6.45) is 1.58. The molecule has 2 rings (SSSR count). The lowest BCUT2D eigenvalue weighted by Gasteiger charge is -2.09. The predicted octanol–water partition coefficient (Wildman–Crippen LogP) is 3.53. The first-order valence-corrected chi connectivity index (χ1v) is 5.23. The monoisotopic (exact) mass is 198 g/mol. The van der Waals surface area contributed by atoms with Gasteiger partial charge >= 0.3 is 0 Å². The van der Waals surface area contributed by atoms with Crippen LogP contribution >= 0.6 is 0 Å². The van der Waals surface area contributed by atoms with Crippen molar-refractivity contribution in [1.82, 2.24) is 0 Å². The second kappa shape index (κ2) is 4.26. The molecule has 1 atom stereocenters. The first-order valence-electron chi connectivity index (χ1n) is 5.23. The van der Waals surface area contributed by atoms with Gasteiger partial charge in [-0.3, -0.25) is 0 Å². The second-order valence-electron chi connectivity index (χ2n) is 3.91. The molecule has 2 aromatic carbocycles. The molecular formula is C14H14O. The number of hydrogen-bond acceptors (Lipinski definition) is 1. The van der Waals surface area contributed by atoms with Gasteiger partial charge in [0.05, 0.1) is 0 Å². The summed E-state index contributed by atoms with van der Waals surface area (Å²) in [6.45, 7) is 2.08. The molecule has 0 amide bonds. The lowest BCUT2D eigenvalue weighted by molar-refractivity contribution is -0.108. The van der Waals surface area contributed by atoms with E-state index in [9.17, 15) is 4.79 Å². The molecule has 0 saturated heterocycles. The van der Waals surface area contributed by atoms with E-state index in [0.717, 1.165) is 6.29 Å². The number of aldehydes is 1. The van der Waals surface area contributed by atoms with Crippen LogP contribution < -0.4 is 0 Å². The average Bonchev–Trinajstić information content (AvgIpc) is 2.29. The summed E-state index contributed by atoms with van der Waals surface area (Å²) in [4.78, 5) is 10.5. The molecule has 0 aromatic heterocycles. The fourth-order valence-electron chi connectivity index (χ4n) is 1.79. The quantitative estimate of drug-likeness (QED) is 0.689. The average molecular weight is 198 g/mol. The number of benzene rings is 2. The minimum atomic E-state index is 0.312.